The monoisotopic (exact) mass is 401 g/mol. The molecule has 0 radical (unpaired) electrons. The van der Waals surface area contributed by atoms with Crippen LogP contribution in [0.5, 0.6) is 11.5 Å². The number of nitrogens with zero attached hydrogens (tertiary/aromatic N) is 1. The van der Waals surface area contributed by atoms with E-state index in [0.29, 0.717) is 41.8 Å². The molecule has 2 aliphatic heterocycles. The zero-order valence-electron chi connectivity index (χ0n) is 14.9. The Hall–Kier alpha value is -1.47. The van der Waals surface area contributed by atoms with Crippen molar-refractivity contribution in [1.29, 1.82) is 0 Å². The van der Waals surface area contributed by atoms with Crippen LogP contribution in [0.15, 0.2) is 12.1 Å². The van der Waals surface area contributed by atoms with Crippen LogP contribution in [0.1, 0.15) is 38.2 Å². The number of hydrogen-bond acceptors (Lipinski definition) is 5. The maximum absolute atomic E-state index is 12.6. The molecule has 0 aliphatic carbocycles. The van der Waals surface area contributed by atoms with Gasteiger partial charge in [-0.3, -0.25) is 4.79 Å². The van der Waals surface area contributed by atoms with Crippen molar-refractivity contribution >= 4 is 27.3 Å². The molecular formula is C18H24ClNO5S. The largest absolute Gasteiger partial charge is 0.486 e. The second-order valence-electron chi connectivity index (χ2n) is 6.78. The molecule has 1 amide bonds. The SMILES string of the molecule is CCC1CCCCN1C(=O)CS(=O)(=O)Cc1cc(Cl)c2c(c1)OCCO2. The van der Waals surface area contributed by atoms with E-state index in [-0.39, 0.29) is 17.7 Å². The van der Waals surface area contributed by atoms with Crippen LogP contribution in [-0.2, 0) is 20.4 Å². The fourth-order valence-electron chi connectivity index (χ4n) is 3.58. The van der Waals surface area contributed by atoms with Gasteiger partial charge in [-0.1, -0.05) is 18.5 Å². The predicted molar refractivity (Wildman–Crippen MR) is 99.6 cm³/mol. The Morgan fingerprint density at radius 1 is 1.27 bits per heavy atom. The molecule has 1 atom stereocenters. The third kappa shape index (κ3) is 4.43. The molecule has 26 heavy (non-hydrogen) atoms. The van der Waals surface area contributed by atoms with E-state index < -0.39 is 15.6 Å². The molecule has 1 unspecified atom stereocenters. The lowest BCUT2D eigenvalue weighted by Gasteiger charge is -2.35. The fraction of sp³-hybridized carbons (Fsp3) is 0.611. The van der Waals surface area contributed by atoms with Crippen LogP contribution >= 0.6 is 11.6 Å². The summed E-state index contributed by atoms with van der Waals surface area (Å²) in [6.45, 7) is 3.48. The highest BCUT2D eigenvalue weighted by atomic mass is 35.5. The maximum atomic E-state index is 12.6. The first kappa shape index (κ1) is 19.3. The van der Waals surface area contributed by atoms with Crippen LogP contribution in [0.2, 0.25) is 5.02 Å². The van der Waals surface area contributed by atoms with E-state index in [1.807, 2.05) is 6.92 Å². The van der Waals surface area contributed by atoms with Gasteiger partial charge in [0.1, 0.15) is 19.0 Å². The van der Waals surface area contributed by atoms with Crippen molar-refractivity contribution in [3.05, 3.63) is 22.7 Å². The highest BCUT2D eigenvalue weighted by molar-refractivity contribution is 7.91. The Morgan fingerprint density at radius 3 is 2.81 bits per heavy atom. The fourth-order valence-corrected chi connectivity index (χ4v) is 5.18. The molecule has 3 rings (SSSR count). The van der Waals surface area contributed by atoms with Crippen molar-refractivity contribution in [2.75, 3.05) is 25.5 Å². The number of hydrogen-bond donors (Lipinski definition) is 0. The number of carbonyl (C=O) groups excluding carboxylic acids is 1. The Balaban J connectivity index is 1.71. The van der Waals surface area contributed by atoms with Crippen LogP contribution in [-0.4, -0.2) is 50.8 Å². The van der Waals surface area contributed by atoms with Gasteiger partial charge in [0.15, 0.2) is 21.3 Å². The predicted octanol–water partition coefficient (Wildman–Crippen LogP) is 2.82. The maximum Gasteiger partial charge on any atom is 0.238 e. The van der Waals surface area contributed by atoms with E-state index in [1.54, 1.807) is 17.0 Å². The van der Waals surface area contributed by atoms with Gasteiger partial charge in [0, 0.05) is 12.6 Å². The van der Waals surface area contributed by atoms with Crippen molar-refractivity contribution in [3.8, 4) is 11.5 Å². The number of amides is 1. The number of rotatable bonds is 5. The molecule has 144 valence electrons. The lowest BCUT2D eigenvalue weighted by Crippen LogP contribution is -2.45. The van der Waals surface area contributed by atoms with Gasteiger partial charge in [0.2, 0.25) is 5.91 Å². The van der Waals surface area contributed by atoms with Crippen molar-refractivity contribution in [3.63, 3.8) is 0 Å². The van der Waals surface area contributed by atoms with Gasteiger partial charge >= 0.3 is 0 Å². The van der Waals surface area contributed by atoms with Crippen LogP contribution < -0.4 is 9.47 Å². The zero-order chi connectivity index (χ0) is 18.7. The first-order chi connectivity index (χ1) is 12.4. The first-order valence-corrected chi connectivity index (χ1v) is 11.2. The third-order valence-corrected chi connectivity index (χ3v) is 6.55. The molecular weight excluding hydrogens is 378 g/mol. The lowest BCUT2D eigenvalue weighted by atomic mass is 10.0. The van der Waals surface area contributed by atoms with E-state index in [1.165, 1.54) is 0 Å². The Morgan fingerprint density at radius 2 is 2.04 bits per heavy atom. The van der Waals surface area contributed by atoms with Gasteiger partial charge in [-0.2, -0.15) is 0 Å². The topological polar surface area (TPSA) is 72.9 Å². The summed E-state index contributed by atoms with van der Waals surface area (Å²) in [5.74, 6) is -0.147. The molecule has 0 N–H and O–H groups in total. The molecule has 2 aliphatic rings. The summed E-state index contributed by atoms with van der Waals surface area (Å²) in [6, 6.07) is 3.33. The molecule has 1 saturated heterocycles. The van der Waals surface area contributed by atoms with Crippen LogP contribution in [0, 0.1) is 0 Å². The average Bonchev–Trinajstić information content (AvgIpc) is 2.60. The number of sulfone groups is 1. The number of benzene rings is 1. The van der Waals surface area contributed by atoms with Crippen molar-refractivity contribution in [1.82, 2.24) is 4.90 Å². The van der Waals surface area contributed by atoms with Crippen LogP contribution in [0.25, 0.3) is 0 Å². The summed E-state index contributed by atoms with van der Waals surface area (Å²) in [5, 5.41) is 0.320. The molecule has 6 nitrogen and oxygen atoms in total. The molecule has 0 saturated carbocycles. The molecule has 8 heteroatoms. The summed E-state index contributed by atoms with van der Waals surface area (Å²) in [6.07, 6.45) is 3.81. The summed E-state index contributed by atoms with van der Waals surface area (Å²) in [5.41, 5.74) is 0.498. The molecule has 2 heterocycles. The molecule has 1 aromatic carbocycles. The number of piperidine rings is 1. The van der Waals surface area contributed by atoms with Crippen molar-refractivity contribution in [2.24, 2.45) is 0 Å². The van der Waals surface area contributed by atoms with Gasteiger partial charge in [-0.25, -0.2) is 8.42 Å². The van der Waals surface area contributed by atoms with Gasteiger partial charge in [0.05, 0.1) is 10.8 Å². The van der Waals surface area contributed by atoms with Crippen molar-refractivity contribution < 1.29 is 22.7 Å². The number of halogens is 1. The molecule has 0 bridgehead atoms. The standard InChI is InChI=1S/C18H24ClNO5S/c1-2-14-5-3-4-6-20(14)17(21)12-26(22,23)11-13-9-15(19)18-16(10-13)24-7-8-25-18/h9-10,14H,2-8,11-12H2,1H3. The Labute approximate surface area is 159 Å². The number of ether oxygens (including phenoxy) is 2. The highest BCUT2D eigenvalue weighted by Gasteiger charge is 2.29. The minimum atomic E-state index is -3.60. The zero-order valence-corrected chi connectivity index (χ0v) is 16.4. The molecule has 0 spiro atoms. The smallest absolute Gasteiger partial charge is 0.238 e. The number of likely N-dealkylation sites (tertiary alicyclic amines) is 1. The Bertz CT molecular complexity index is 780. The van der Waals surface area contributed by atoms with E-state index in [2.05, 4.69) is 0 Å². The highest BCUT2D eigenvalue weighted by Crippen LogP contribution is 2.38. The van der Waals surface area contributed by atoms with Crippen molar-refractivity contribution in [2.45, 2.75) is 44.4 Å². The lowest BCUT2D eigenvalue weighted by molar-refractivity contribution is -0.132. The van der Waals surface area contributed by atoms with E-state index in [0.717, 1.165) is 25.7 Å². The third-order valence-electron chi connectivity index (χ3n) is 4.81. The minimum Gasteiger partial charge on any atom is -0.486 e. The summed E-state index contributed by atoms with van der Waals surface area (Å²) in [7, 11) is -3.60. The summed E-state index contributed by atoms with van der Waals surface area (Å²) >= 11 is 6.17. The van der Waals surface area contributed by atoms with E-state index in [9.17, 15) is 13.2 Å². The van der Waals surface area contributed by atoms with Crippen LogP contribution in [0.3, 0.4) is 0 Å². The number of carbonyl (C=O) groups is 1. The molecule has 1 aromatic rings. The Kier molecular flexibility index (Phi) is 5.97. The normalized spacial score (nSPS) is 20.1. The second-order valence-corrected chi connectivity index (χ2v) is 9.25. The first-order valence-electron chi connectivity index (χ1n) is 8.97. The van der Waals surface area contributed by atoms with Crippen LogP contribution in [0.4, 0.5) is 0 Å². The van der Waals surface area contributed by atoms with E-state index in [4.69, 9.17) is 21.1 Å². The summed E-state index contributed by atoms with van der Waals surface area (Å²) in [4.78, 5) is 14.3. The average molecular weight is 402 g/mol. The van der Waals surface area contributed by atoms with Gasteiger partial charge < -0.3 is 14.4 Å². The van der Waals surface area contributed by atoms with E-state index >= 15 is 0 Å². The quantitative estimate of drug-likeness (QED) is 0.758. The molecule has 1 fully saturated rings. The summed E-state index contributed by atoms with van der Waals surface area (Å²) < 4.78 is 36.1. The van der Waals surface area contributed by atoms with Gasteiger partial charge in [-0.15, -0.1) is 0 Å². The second kappa shape index (κ2) is 8.05. The number of fused-ring (bicyclic) bond motifs is 1. The van der Waals surface area contributed by atoms with Gasteiger partial charge in [-0.05, 0) is 43.4 Å². The minimum absolute atomic E-state index is 0.148. The molecule has 0 aromatic heterocycles. The van der Waals surface area contributed by atoms with Gasteiger partial charge in [0.25, 0.3) is 0 Å².